The molecule has 1 fully saturated rings. The summed E-state index contributed by atoms with van der Waals surface area (Å²) in [6.45, 7) is 6.39. The van der Waals surface area contributed by atoms with Crippen molar-refractivity contribution in [2.45, 2.75) is 96.9 Å². The molecule has 0 radical (unpaired) electrons. The van der Waals surface area contributed by atoms with Gasteiger partial charge >= 0.3 is 5.97 Å². The molecule has 1 saturated heterocycles. The van der Waals surface area contributed by atoms with Crippen LogP contribution < -0.4 is 5.32 Å². The van der Waals surface area contributed by atoms with Crippen LogP contribution in [0.1, 0.15) is 83.3 Å². The van der Waals surface area contributed by atoms with Crippen LogP contribution in [0, 0.1) is 5.92 Å². The third kappa shape index (κ3) is 9.64. The maximum atomic E-state index is 14.0. The molecule has 0 saturated carbocycles. The zero-order valence-electron chi connectivity index (χ0n) is 28.5. The molecule has 2 aliphatic rings. The molecule has 8 nitrogen and oxygen atoms in total. The molecule has 1 heterocycles. The summed E-state index contributed by atoms with van der Waals surface area (Å²) in [4.78, 5) is 31.8. The quantitative estimate of drug-likeness (QED) is 0.0448. The molecule has 8 heteroatoms. The molecule has 4 rings (SSSR count). The maximum absolute atomic E-state index is 14.0. The summed E-state index contributed by atoms with van der Waals surface area (Å²) in [5, 5.41) is 34.9. The van der Waals surface area contributed by atoms with E-state index in [4.69, 9.17) is 4.74 Å². The average Bonchev–Trinajstić information content (AvgIpc) is 3.36. The number of unbranched alkanes of at least 4 members (excludes halogenated alkanes) is 3. The SMILES string of the molecule is CCC(C)CCCCCC/C(=C/C(O)=C1\C(=O)O[C@@]2(C)C(=O)C(C=NCc3ccccc3)=C(CC(O)CO)C=C12)NCc1ccccc1. The topological polar surface area (TPSA) is 128 Å². The van der Waals surface area contributed by atoms with Crippen molar-refractivity contribution in [3.8, 4) is 0 Å². The van der Waals surface area contributed by atoms with Gasteiger partial charge < -0.3 is 25.4 Å². The van der Waals surface area contributed by atoms with E-state index in [2.05, 4.69) is 24.2 Å². The number of fused-ring (bicyclic) bond motifs is 1. The molecule has 3 atom stereocenters. The van der Waals surface area contributed by atoms with Crippen LogP contribution in [-0.2, 0) is 27.4 Å². The van der Waals surface area contributed by atoms with Crippen molar-refractivity contribution >= 4 is 18.0 Å². The fraction of sp³-hybridized carbons (Fsp3) is 0.425. The number of ether oxygens (including phenoxy) is 1. The summed E-state index contributed by atoms with van der Waals surface area (Å²) >= 11 is 0. The number of ketones is 1. The van der Waals surface area contributed by atoms with Gasteiger partial charge in [-0.2, -0.15) is 0 Å². The molecule has 48 heavy (non-hydrogen) atoms. The Hall–Kier alpha value is -4.27. The molecule has 2 unspecified atom stereocenters. The highest BCUT2D eigenvalue weighted by molar-refractivity contribution is 6.23. The van der Waals surface area contributed by atoms with Gasteiger partial charge in [-0.25, -0.2) is 4.79 Å². The lowest BCUT2D eigenvalue weighted by molar-refractivity contribution is -0.151. The highest BCUT2D eigenvalue weighted by Gasteiger charge is 2.54. The number of carbonyl (C=O) groups excluding carboxylic acids is 2. The summed E-state index contributed by atoms with van der Waals surface area (Å²) in [5.74, 6) is -0.868. The van der Waals surface area contributed by atoms with Gasteiger partial charge in [-0.3, -0.25) is 9.79 Å². The van der Waals surface area contributed by atoms with Crippen LogP contribution in [0.25, 0.3) is 0 Å². The number of allylic oxidation sites excluding steroid dienone is 3. The van der Waals surface area contributed by atoms with Crippen LogP contribution in [-0.4, -0.2) is 51.6 Å². The van der Waals surface area contributed by atoms with Gasteiger partial charge in [0.25, 0.3) is 0 Å². The Morgan fingerprint density at radius 3 is 2.33 bits per heavy atom. The molecule has 2 aromatic rings. The molecule has 0 aromatic heterocycles. The first-order chi connectivity index (χ1) is 23.2. The zero-order chi connectivity index (χ0) is 34.5. The number of carbonyl (C=O) groups is 2. The molecule has 1 aliphatic heterocycles. The van der Waals surface area contributed by atoms with Gasteiger partial charge in [0, 0.05) is 36.0 Å². The van der Waals surface area contributed by atoms with E-state index in [0.29, 0.717) is 25.1 Å². The molecule has 2 aromatic carbocycles. The largest absolute Gasteiger partial charge is 0.507 e. The number of rotatable bonds is 18. The zero-order valence-corrected chi connectivity index (χ0v) is 28.5. The molecule has 1 aliphatic carbocycles. The number of benzene rings is 2. The highest BCUT2D eigenvalue weighted by Crippen LogP contribution is 2.44. The second-order valence-electron chi connectivity index (χ2n) is 13.0. The Labute approximate surface area is 284 Å². The number of aliphatic hydroxyl groups excluding tert-OH is 3. The number of Topliss-reactive ketones (excluding diaryl/α,β-unsaturated/α-hetero) is 1. The molecular weight excluding hydrogens is 604 g/mol. The van der Waals surface area contributed by atoms with Gasteiger partial charge in [0.15, 0.2) is 5.60 Å². The number of nitrogens with one attached hydrogen (secondary N) is 1. The number of nitrogens with zero attached hydrogens (tertiary/aromatic N) is 1. The first-order valence-electron chi connectivity index (χ1n) is 17.1. The van der Waals surface area contributed by atoms with Crippen molar-refractivity contribution in [3.63, 3.8) is 0 Å². The first kappa shape index (κ1) is 36.6. The van der Waals surface area contributed by atoms with Crippen molar-refractivity contribution in [1.29, 1.82) is 0 Å². The van der Waals surface area contributed by atoms with Gasteiger partial charge in [0.1, 0.15) is 11.3 Å². The lowest BCUT2D eigenvalue weighted by Gasteiger charge is -2.28. The summed E-state index contributed by atoms with van der Waals surface area (Å²) in [6.07, 6.45) is 10.8. The van der Waals surface area contributed by atoms with Crippen LogP contribution in [0.15, 0.2) is 112 Å². The smallest absolute Gasteiger partial charge is 0.343 e. The van der Waals surface area contributed by atoms with Crippen LogP contribution in [0.5, 0.6) is 0 Å². The van der Waals surface area contributed by atoms with Gasteiger partial charge in [-0.1, -0.05) is 107 Å². The second-order valence-corrected chi connectivity index (χ2v) is 13.0. The van der Waals surface area contributed by atoms with Gasteiger partial charge in [-0.15, -0.1) is 0 Å². The van der Waals surface area contributed by atoms with E-state index >= 15 is 0 Å². The van der Waals surface area contributed by atoms with Crippen LogP contribution in [0.3, 0.4) is 0 Å². The predicted octanol–water partition coefficient (Wildman–Crippen LogP) is 6.99. The molecular formula is C40H50N2O6. The molecule has 0 spiro atoms. The minimum Gasteiger partial charge on any atom is -0.507 e. The van der Waals surface area contributed by atoms with Crippen molar-refractivity contribution in [2.24, 2.45) is 10.9 Å². The van der Waals surface area contributed by atoms with Crippen molar-refractivity contribution in [3.05, 3.63) is 118 Å². The number of hydrogen-bond acceptors (Lipinski definition) is 8. The third-order valence-electron chi connectivity index (χ3n) is 9.15. The van der Waals surface area contributed by atoms with Crippen LogP contribution in [0.4, 0.5) is 0 Å². The van der Waals surface area contributed by atoms with E-state index in [-0.39, 0.29) is 28.9 Å². The van der Waals surface area contributed by atoms with Crippen LogP contribution in [0.2, 0.25) is 0 Å². The Morgan fingerprint density at radius 1 is 1.00 bits per heavy atom. The number of aliphatic imine (C=N–C) groups is 1. The fourth-order valence-corrected chi connectivity index (χ4v) is 6.00. The third-order valence-corrected chi connectivity index (χ3v) is 9.15. The normalized spacial score (nSPS) is 20.4. The van der Waals surface area contributed by atoms with Gasteiger partial charge in [0.2, 0.25) is 5.78 Å². The Balaban J connectivity index is 1.64. The maximum Gasteiger partial charge on any atom is 0.343 e. The van der Waals surface area contributed by atoms with E-state index < -0.39 is 30.1 Å². The van der Waals surface area contributed by atoms with E-state index in [1.165, 1.54) is 32.4 Å². The minimum atomic E-state index is -1.68. The monoisotopic (exact) mass is 654 g/mol. The average molecular weight is 655 g/mol. The second kappa shape index (κ2) is 17.8. The Kier molecular flexibility index (Phi) is 13.5. The van der Waals surface area contributed by atoms with Crippen molar-refractivity contribution in [1.82, 2.24) is 5.32 Å². The molecule has 256 valence electrons. The first-order valence-corrected chi connectivity index (χ1v) is 17.1. The molecule has 0 bridgehead atoms. The summed E-state index contributed by atoms with van der Waals surface area (Å²) in [6, 6.07) is 19.5. The van der Waals surface area contributed by atoms with Crippen molar-refractivity contribution < 1.29 is 29.6 Å². The minimum absolute atomic E-state index is 0.0481. The van der Waals surface area contributed by atoms with E-state index in [1.807, 2.05) is 60.7 Å². The standard InChI is InChI=1S/C40H50N2O6/c1-4-28(2)15-9-5-6-14-20-32(42-25-30-18-12-8-13-19-30)23-36(45)37-35-22-31(21-33(44)27-43)34(38(46)40(35,3)48-39(37)47)26-41-24-29-16-10-7-11-17-29/h7-8,10-13,16-19,22-23,26,28,33,42-45H,4-6,9,14-15,20-21,24-25,27H2,1-3H3/b32-23-,37-36+,41-26?/t28?,33?,40-/m1/s1. The lowest BCUT2D eigenvalue weighted by Crippen LogP contribution is -2.41. The van der Waals surface area contributed by atoms with Crippen molar-refractivity contribution in [2.75, 3.05) is 6.61 Å². The molecule has 4 N–H and O–H groups in total. The lowest BCUT2D eigenvalue weighted by atomic mass is 9.77. The van der Waals surface area contributed by atoms with Crippen LogP contribution >= 0.6 is 0 Å². The molecule has 0 amide bonds. The number of hydrogen-bond donors (Lipinski definition) is 4. The predicted molar refractivity (Wildman–Crippen MR) is 189 cm³/mol. The summed E-state index contributed by atoms with van der Waals surface area (Å²) < 4.78 is 5.71. The number of aliphatic hydroxyl groups is 3. The van der Waals surface area contributed by atoms with E-state index in [1.54, 1.807) is 12.2 Å². The Bertz CT molecular complexity index is 1560. The summed E-state index contributed by atoms with van der Waals surface area (Å²) in [7, 11) is 0. The number of esters is 1. The van der Waals surface area contributed by atoms with Gasteiger partial charge in [0.05, 0.1) is 19.3 Å². The van der Waals surface area contributed by atoms with E-state index in [9.17, 15) is 24.9 Å². The fourth-order valence-electron chi connectivity index (χ4n) is 6.00. The summed E-state index contributed by atoms with van der Waals surface area (Å²) in [5.41, 5.74) is 1.85. The Morgan fingerprint density at radius 2 is 1.67 bits per heavy atom. The van der Waals surface area contributed by atoms with Gasteiger partial charge in [-0.05, 0) is 54.5 Å². The highest BCUT2D eigenvalue weighted by atomic mass is 16.6. The van der Waals surface area contributed by atoms with E-state index in [0.717, 1.165) is 42.0 Å².